The number of hydrogen-bond acceptors (Lipinski definition) is 3. The van der Waals surface area contributed by atoms with Crippen molar-refractivity contribution >= 4 is 17.6 Å². The summed E-state index contributed by atoms with van der Waals surface area (Å²) in [4.78, 5) is 10.5. The van der Waals surface area contributed by atoms with Gasteiger partial charge in [0.15, 0.2) is 0 Å². The van der Waals surface area contributed by atoms with E-state index in [0.717, 1.165) is 11.1 Å². The summed E-state index contributed by atoms with van der Waals surface area (Å²) in [6.07, 6.45) is 0.370. The van der Waals surface area contributed by atoms with Gasteiger partial charge in [-0.05, 0) is 36.6 Å². The maximum Gasteiger partial charge on any atom is 0.303 e. The molecule has 0 aliphatic rings. The average Bonchev–Trinajstić information content (AvgIpc) is 2.29. The molecule has 1 aromatic rings. The number of rotatable bonds is 5. The van der Waals surface area contributed by atoms with Crippen LogP contribution in [0.1, 0.15) is 30.0 Å². The number of hydrogen-bond donors (Lipinski definition) is 2. The zero-order valence-electron chi connectivity index (χ0n) is 9.87. The van der Waals surface area contributed by atoms with Gasteiger partial charge < -0.3 is 15.6 Å². The summed E-state index contributed by atoms with van der Waals surface area (Å²) in [5.74, 6) is -0.191. The van der Waals surface area contributed by atoms with Gasteiger partial charge >= 0.3 is 5.97 Å². The van der Waals surface area contributed by atoms with Crippen molar-refractivity contribution in [2.24, 2.45) is 5.73 Å². The number of aryl methyl sites for hydroxylation is 1. The van der Waals surface area contributed by atoms with Crippen molar-refractivity contribution in [2.45, 2.75) is 25.8 Å². The predicted octanol–water partition coefficient (Wildman–Crippen LogP) is 2.52. The summed E-state index contributed by atoms with van der Waals surface area (Å²) in [6.45, 7) is 1.86. The Kier molecular flexibility index (Phi) is 4.78. The quantitative estimate of drug-likeness (QED) is 0.850. The molecule has 0 aliphatic heterocycles. The molecule has 0 fully saturated rings. The largest absolute Gasteiger partial charge is 0.497 e. The normalized spacial score (nSPS) is 12.2. The monoisotopic (exact) mass is 257 g/mol. The van der Waals surface area contributed by atoms with Gasteiger partial charge in [0, 0.05) is 17.5 Å². The molecule has 0 saturated heterocycles. The van der Waals surface area contributed by atoms with Crippen molar-refractivity contribution in [3.63, 3.8) is 0 Å². The van der Waals surface area contributed by atoms with Gasteiger partial charge in [0.1, 0.15) is 5.75 Å². The highest BCUT2D eigenvalue weighted by Gasteiger charge is 2.15. The van der Waals surface area contributed by atoms with Crippen LogP contribution in [-0.2, 0) is 4.79 Å². The topological polar surface area (TPSA) is 72.5 Å². The Labute approximate surface area is 105 Å². The zero-order valence-corrected chi connectivity index (χ0v) is 10.6. The lowest BCUT2D eigenvalue weighted by atomic mass is 10.0. The molecular formula is C12H16ClNO3. The molecule has 0 bridgehead atoms. The van der Waals surface area contributed by atoms with Crippen molar-refractivity contribution in [3.8, 4) is 5.75 Å². The van der Waals surface area contributed by atoms with E-state index in [2.05, 4.69) is 0 Å². The lowest BCUT2D eigenvalue weighted by Gasteiger charge is -2.15. The van der Waals surface area contributed by atoms with Crippen LogP contribution in [0.2, 0.25) is 5.02 Å². The van der Waals surface area contributed by atoms with E-state index in [0.29, 0.717) is 17.2 Å². The van der Waals surface area contributed by atoms with Crippen molar-refractivity contribution in [3.05, 3.63) is 28.3 Å². The highest BCUT2D eigenvalue weighted by Crippen LogP contribution is 2.31. The van der Waals surface area contributed by atoms with Gasteiger partial charge in [0.05, 0.1) is 7.11 Å². The SMILES string of the molecule is COc1cc(C)c(Cl)c(C(N)CCC(=O)O)c1. The van der Waals surface area contributed by atoms with Gasteiger partial charge in [0.2, 0.25) is 0 Å². The van der Waals surface area contributed by atoms with E-state index in [1.807, 2.05) is 13.0 Å². The van der Waals surface area contributed by atoms with Crippen LogP contribution in [0.3, 0.4) is 0 Å². The van der Waals surface area contributed by atoms with E-state index in [1.54, 1.807) is 13.2 Å². The molecule has 0 spiro atoms. The lowest BCUT2D eigenvalue weighted by molar-refractivity contribution is -0.137. The number of halogens is 1. The molecule has 0 amide bonds. The van der Waals surface area contributed by atoms with Gasteiger partial charge in [-0.2, -0.15) is 0 Å². The van der Waals surface area contributed by atoms with E-state index in [1.165, 1.54) is 0 Å². The van der Waals surface area contributed by atoms with E-state index in [-0.39, 0.29) is 6.42 Å². The maximum atomic E-state index is 10.5. The average molecular weight is 258 g/mol. The number of carboxylic acid groups (broad SMARTS) is 1. The summed E-state index contributed by atoms with van der Waals surface area (Å²) in [6, 6.07) is 3.17. The van der Waals surface area contributed by atoms with Gasteiger partial charge in [-0.15, -0.1) is 0 Å². The first-order chi connectivity index (χ1) is 7.95. The summed E-state index contributed by atoms with van der Waals surface area (Å²) in [5, 5.41) is 9.19. The van der Waals surface area contributed by atoms with E-state index < -0.39 is 12.0 Å². The fraction of sp³-hybridized carbons (Fsp3) is 0.417. The third kappa shape index (κ3) is 3.61. The minimum absolute atomic E-state index is 0.0216. The summed E-state index contributed by atoms with van der Waals surface area (Å²) >= 11 is 6.15. The van der Waals surface area contributed by atoms with E-state index >= 15 is 0 Å². The Morgan fingerprint density at radius 1 is 1.59 bits per heavy atom. The first-order valence-corrected chi connectivity index (χ1v) is 5.65. The Balaban J connectivity index is 2.95. The fourth-order valence-corrected chi connectivity index (χ4v) is 1.83. The number of aliphatic carboxylic acids is 1. The Hall–Kier alpha value is -1.26. The number of nitrogens with two attached hydrogens (primary N) is 1. The molecule has 0 saturated carbocycles. The first kappa shape index (κ1) is 13.8. The molecule has 1 atom stereocenters. The third-order valence-electron chi connectivity index (χ3n) is 2.56. The number of carboxylic acids is 1. The Bertz CT molecular complexity index is 420. The molecule has 0 aliphatic carbocycles. The molecule has 94 valence electrons. The van der Waals surface area contributed by atoms with Crippen molar-refractivity contribution in [2.75, 3.05) is 7.11 Å². The third-order valence-corrected chi connectivity index (χ3v) is 3.08. The van der Waals surface area contributed by atoms with Gasteiger partial charge in [-0.3, -0.25) is 4.79 Å². The molecule has 5 heteroatoms. The summed E-state index contributed by atoms with van der Waals surface area (Å²) in [5.41, 5.74) is 7.53. The highest BCUT2D eigenvalue weighted by molar-refractivity contribution is 6.32. The minimum atomic E-state index is -0.865. The summed E-state index contributed by atoms with van der Waals surface area (Å²) < 4.78 is 5.14. The van der Waals surface area contributed by atoms with Crippen LogP contribution in [0, 0.1) is 6.92 Å². The van der Waals surface area contributed by atoms with Crippen molar-refractivity contribution < 1.29 is 14.6 Å². The first-order valence-electron chi connectivity index (χ1n) is 5.27. The van der Waals surface area contributed by atoms with Gasteiger partial charge in [0.25, 0.3) is 0 Å². The molecule has 0 aromatic heterocycles. The van der Waals surface area contributed by atoms with E-state index in [4.69, 9.17) is 27.2 Å². The Morgan fingerprint density at radius 3 is 2.76 bits per heavy atom. The van der Waals surface area contributed by atoms with Gasteiger partial charge in [-0.25, -0.2) is 0 Å². The minimum Gasteiger partial charge on any atom is -0.497 e. The predicted molar refractivity (Wildman–Crippen MR) is 66.5 cm³/mol. The second kappa shape index (κ2) is 5.89. The van der Waals surface area contributed by atoms with Gasteiger partial charge in [-0.1, -0.05) is 11.6 Å². The molecule has 1 aromatic carbocycles. The molecular weight excluding hydrogens is 242 g/mol. The Morgan fingerprint density at radius 2 is 2.24 bits per heavy atom. The number of carbonyl (C=O) groups is 1. The maximum absolute atomic E-state index is 10.5. The highest BCUT2D eigenvalue weighted by atomic mass is 35.5. The van der Waals surface area contributed by atoms with Crippen LogP contribution < -0.4 is 10.5 Å². The van der Waals surface area contributed by atoms with Crippen LogP contribution in [0.25, 0.3) is 0 Å². The standard InChI is InChI=1S/C12H16ClNO3/c1-7-5-8(17-2)6-9(12(7)13)10(14)3-4-11(15)16/h5-6,10H,3-4,14H2,1-2H3,(H,15,16). The molecule has 4 nitrogen and oxygen atoms in total. The van der Waals surface area contributed by atoms with Crippen LogP contribution in [0.5, 0.6) is 5.75 Å². The molecule has 0 radical (unpaired) electrons. The molecule has 3 N–H and O–H groups in total. The molecule has 17 heavy (non-hydrogen) atoms. The van der Waals surface area contributed by atoms with Crippen LogP contribution >= 0.6 is 11.6 Å². The van der Waals surface area contributed by atoms with Crippen LogP contribution in [0.4, 0.5) is 0 Å². The zero-order chi connectivity index (χ0) is 13.0. The molecule has 0 heterocycles. The van der Waals surface area contributed by atoms with Crippen LogP contribution in [0.15, 0.2) is 12.1 Å². The molecule has 1 rings (SSSR count). The van der Waals surface area contributed by atoms with Crippen LogP contribution in [-0.4, -0.2) is 18.2 Å². The van der Waals surface area contributed by atoms with Crippen molar-refractivity contribution in [1.82, 2.24) is 0 Å². The number of benzene rings is 1. The summed E-state index contributed by atoms with van der Waals surface area (Å²) in [7, 11) is 1.56. The lowest BCUT2D eigenvalue weighted by Crippen LogP contribution is -2.13. The van der Waals surface area contributed by atoms with E-state index in [9.17, 15) is 4.79 Å². The second-order valence-corrected chi connectivity index (χ2v) is 4.26. The second-order valence-electron chi connectivity index (χ2n) is 3.89. The number of methoxy groups -OCH3 is 1. The fourth-order valence-electron chi connectivity index (χ4n) is 1.58. The smallest absolute Gasteiger partial charge is 0.303 e. The van der Waals surface area contributed by atoms with Crippen molar-refractivity contribution in [1.29, 1.82) is 0 Å². The number of ether oxygens (including phenoxy) is 1. The molecule has 1 unspecified atom stereocenters.